The number of hydrogen-bond acceptors (Lipinski definition) is 3. The molecule has 3 rings (SSSR count). The van der Waals surface area contributed by atoms with Gasteiger partial charge in [-0.15, -0.1) is 0 Å². The van der Waals surface area contributed by atoms with Crippen molar-refractivity contribution in [1.82, 2.24) is 0 Å². The fourth-order valence-electron chi connectivity index (χ4n) is 3.04. The quantitative estimate of drug-likeness (QED) is 0.718. The maximum atomic E-state index is 10.9. The van der Waals surface area contributed by atoms with E-state index in [2.05, 4.69) is 38.1 Å². The van der Waals surface area contributed by atoms with E-state index in [-0.39, 0.29) is 0 Å². The zero-order valence-electron chi connectivity index (χ0n) is 14.5. The lowest BCUT2D eigenvalue weighted by molar-refractivity contribution is 0.0697. The highest BCUT2D eigenvalue weighted by Crippen LogP contribution is 2.42. The van der Waals surface area contributed by atoms with Crippen LogP contribution >= 0.6 is 11.8 Å². The molecule has 1 heterocycles. The normalized spacial score (nSPS) is 16.9. The Hall–Kier alpha value is -2.20. The first-order valence-corrected chi connectivity index (χ1v) is 9.53. The zero-order valence-corrected chi connectivity index (χ0v) is 15.3. The second kappa shape index (κ2) is 7.79. The molecule has 2 aromatic carbocycles. The van der Waals surface area contributed by atoms with E-state index in [0.717, 1.165) is 35.7 Å². The SMILES string of the molecule is CCSC1CCOc2ccc(/C(C)=C\c3ccc(C(=O)O)cc3)cc21. The number of rotatable bonds is 5. The van der Waals surface area contributed by atoms with Crippen molar-refractivity contribution in [1.29, 1.82) is 0 Å². The lowest BCUT2D eigenvalue weighted by Crippen LogP contribution is -2.12. The fraction of sp³-hybridized carbons (Fsp3) is 0.286. The summed E-state index contributed by atoms with van der Waals surface area (Å²) in [5.74, 6) is 1.19. The van der Waals surface area contributed by atoms with E-state index in [9.17, 15) is 4.79 Å². The van der Waals surface area contributed by atoms with Crippen LogP contribution in [0.4, 0.5) is 0 Å². The topological polar surface area (TPSA) is 46.5 Å². The molecule has 1 aliphatic rings. The van der Waals surface area contributed by atoms with Crippen LogP contribution in [0.3, 0.4) is 0 Å². The van der Waals surface area contributed by atoms with Gasteiger partial charge in [0, 0.05) is 10.8 Å². The summed E-state index contributed by atoms with van der Waals surface area (Å²) in [6.07, 6.45) is 3.13. The minimum atomic E-state index is -0.901. The highest BCUT2D eigenvalue weighted by atomic mass is 32.2. The maximum Gasteiger partial charge on any atom is 0.335 e. The van der Waals surface area contributed by atoms with Crippen LogP contribution in [0.1, 0.15) is 52.6 Å². The third-order valence-electron chi connectivity index (χ3n) is 4.36. The molecule has 0 aromatic heterocycles. The van der Waals surface area contributed by atoms with Gasteiger partial charge < -0.3 is 9.84 Å². The molecule has 0 saturated carbocycles. The molecule has 25 heavy (non-hydrogen) atoms. The van der Waals surface area contributed by atoms with Crippen LogP contribution < -0.4 is 4.74 Å². The Bertz CT molecular complexity index is 793. The first-order chi connectivity index (χ1) is 12.1. The monoisotopic (exact) mass is 354 g/mol. The summed E-state index contributed by atoms with van der Waals surface area (Å²) >= 11 is 1.97. The van der Waals surface area contributed by atoms with Gasteiger partial charge in [0.1, 0.15) is 5.75 Å². The van der Waals surface area contributed by atoms with Crippen molar-refractivity contribution in [3.63, 3.8) is 0 Å². The summed E-state index contributed by atoms with van der Waals surface area (Å²) in [6, 6.07) is 13.3. The van der Waals surface area contributed by atoms with Gasteiger partial charge in [0.25, 0.3) is 0 Å². The van der Waals surface area contributed by atoms with E-state index in [1.54, 1.807) is 12.1 Å². The van der Waals surface area contributed by atoms with Crippen LogP contribution in [0.5, 0.6) is 5.75 Å². The zero-order chi connectivity index (χ0) is 17.8. The molecule has 0 saturated heterocycles. The largest absolute Gasteiger partial charge is 0.493 e. The van der Waals surface area contributed by atoms with Gasteiger partial charge in [-0.05, 0) is 60.1 Å². The van der Waals surface area contributed by atoms with E-state index in [1.807, 2.05) is 23.9 Å². The second-order valence-electron chi connectivity index (χ2n) is 6.09. The van der Waals surface area contributed by atoms with Gasteiger partial charge in [0.2, 0.25) is 0 Å². The number of carbonyl (C=O) groups is 1. The number of hydrogen-bond donors (Lipinski definition) is 1. The van der Waals surface area contributed by atoms with Crippen molar-refractivity contribution >= 4 is 29.4 Å². The molecule has 0 amide bonds. The summed E-state index contributed by atoms with van der Waals surface area (Å²) in [6.45, 7) is 5.06. The number of ether oxygens (including phenoxy) is 1. The third kappa shape index (κ3) is 4.07. The van der Waals surface area contributed by atoms with Crippen molar-refractivity contribution in [2.45, 2.75) is 25.5 Å². The molecule has 0 radical (unpaired) electrons. The van der Waals surface area contributed by atoms with Gasteiger partial charge in [0.15, 0.2) is 0 Å². The molecule has 3 nitrogen and oxygen atoms in total. The average molecular weight is 354 g/mol. The second-order valence-corrected chi connectivity index (χ2v) is 7.57. The van der Waals surface area contributed by atoms with E-state index >= 15 is 0 Å². The van der Waals surface area contributed by atoms with Crippen molar-refractivity contribution in [3.8, 4) is 5.75 Å². The Labute approximate surface area is 152 Å². The number of carboxylic acids is 1. The summed E-state index contributed by atoms with van der Waals surface area (Å²) in [5, 5.41) is 9.48. The number of aromatic carboxylic acids is 1. The lowest BCUT2D eigenvalue weighted by Gasteiger charge is -2.26. The number of allylic oxidation sites excluding steroid dienone is 1. The van der Waals surface area contributed by atoms with E-state index < -0.39 is 5.97 Å². The molecule has 4 heteroatoms. The molecule has 0 bridgehead atoms. The Morgan fingerprint density at radius 1 is 1.24 bits per heavy atom. The first kappa shape index (κ1) is 17.6. The predicted molar refractivity (Wildman–Crippen MR) is 104 cm³/mol. The van der Waals surface area contributed by atoms with Crippen LogP contribution in [0.25, 0.3) is 11.6 Å². The molecule has 1 unspecified atom stereocenters. The van der Waals surface area contributed by atoms with Crippen LogP contribution in [0, 0.1) is 0 Å². The molecule has 0 fully saturated rings. The van der Waals surface area contributed by atoms with E-state index in [0.29, 0.717) is 10.8 Å². The smallest absolute Gasteiger partial charge is 0.335 e. The summed E-state index contributed by atoms with van der Waals surface area (Å²) in [7, 11) is 0. The van der Waals surface area contributed by atoms with Gasteiger partial charge in [-0.25, -0.2) is 4.79 Å². The highest BCUT2D eigenvalue weighted by molar-refractivity contribution is 7.99. The van der Waals surface area contributed by atoms with Crippen molar-refractivity contribution in [2.24, 2.45) is 0 Å². The van der Waals surface area contributed by atoms with E-state index in [1.165, 1.54) is 11.1 Å². The number of benzene rings is 2. The van der Waals surface area contributed by atoms with Crippen LogP contribution in [0.15, 0.2) is 42.5 Å². The van der Waals surface area contributed by atoms with E-state index in [4.69, 9.17) is 9.84 Å². The molecular formula is C21H22O3S. The van der Waals surface area contributed by atoms with Gasteiger partial charge in [0.05, 0.1) is 12.2 Å². The Morgan fingerprint density at radius 2 is 1.96 bits per heavy atom. The minimum Gasteiger partial charge on any atom is -0.493 e. The predicted octanol–water partition coefficient (Wildman–Crippen LogP) is 5.52. The molecule has 130 valence electrons. The third-order valence-corrected chi connectivity index (χ3v) is 5.58. The Kier molecular flexibility index (Phi) is 5.49. The van der Waals surface area contributed by atoms with Gasteiger partial charge in [-0.1, -0.05) is 31.2 Å². The molecule has 1 aliphatic heterocycles. The van der Waals surface area contributed by atoms with Crippen molar-refractivity contribution in [3.05, 3.63) is 64.7 Å². The van der Waals surface area contributed by atoms with Gasteiger partial charge in [-0.3, -0.25) is 0 Å². The Morgan fingerprint density at radius 3 is 2.64 bits per heavy atom. The van der Waals surface area contributed by atoms with Crippen LogP contribution in [0.2, 0.25) is 0 Å². The molecule has 2 aromatic rings. The number of fused-ring (bicyclic) bond motifs is 1. The Balaban J connectivity index is 1.88. The molecule has 1 N–H and O–H groups in total. The number of thioether (sulfide) groups is 1. The number of carboxylic acid groups (broad SMARTS) is 1. The van der Waals surface area contributed by atoms with Gasteiger partial charge >= 0.3 is 5.97 Å². The average Bonchev–Trinajstić information content (AvgIpc) is 2.62. The molecular weight excluding hydrogens is 332 g/mol. The van der Waals surface area contributed by atoms with Crippen LogP contribution in [-0.2, 0) is 0 Å². The van der Waals surface area contributed by atoms with Crippen molar-refractivity contribution in [2.75, 3.05) is 12.4 Å². The van der Waals surface area contributed by atoms with Crippen molar-refractivity contribution < 1.29 is 14.6 Å². The maximum absolute atomic E-state index is 10.9. The summed E-state index contributed by atoms with van der Waals surface area (Å²) in [5.41, 5.74) is 4.91. The molecule has 0 spiro atoms. The standard InChI is InChI=1S/C21H22O3S/c1-3-25-20-10-11-24-19-9-8-17(13-18(19)20)14(2)12-15-4-6-16(7-5-15)21(22)23/h4-9,12-13,20H,3,10-11H2,1-2H3,(H,22,23)/b14-12-. The highest BCUT2D eigenvalue weighted by Gasteiger charge is 2.21. The lowest BCUT2D eigenvalue weighted by atomic mass is 9.98. The molecule has 0 aliphatic carbocycles. The fourth-order valence-corrected chi connectivity index (χ4v) is 4.07. The van der Waals surface area contributed by atoms with Crippen LogP contribution in [-0.4, -0.2) is 23.4 Å². The summed E-state index contributed by atoms with van der Waals surface area (Å²) in [4.78, 5) is 10.9. The summed E-state index contributed by atoms with van der Waals surface area (Å²) < 4.78 is 5.80. The molecule has 1 atom stereocenters. The van der Waals surface area contributed by atoms with Gasteiger partial charge in [-0.2, -0.15) is 11.8 Å². The minimum absolute atomic E-state index is 0.306. The first-order valence-electron chi connectivity index (χ1n) is 8.49.